The van der Waals surface area contributed by atoms with Gasteiger partial charge in [-0.15, -0.1) is 11.3 Å². The molecule has 2 aliphatic rings. The predicted octanol–water partition coefficient (Wildman–Crippen LogP) is 5.64. The number of hydrogen-bond donors (Lipinski definition) is 1. The number of amides is 2. The second-order valence-corrected chi connectivity index (χ2v) is 11.3. The van der Waals surface area contributed by atoms with Gasteiger partial charge in [0.15, 0.2) is 0 Å². The number of rotatable bonds is 7. The zero-order chi connectivity index (χ0) is 26.1. The maximum Gasteiger partial charge on any atom is 0.345 e. The Morgan fingerprint density at radius 3 is 2.55 bits per heavy atom. The number of carboxylic acids is 1. The quantitative estimate of drug-likeness (QED) is 0.337. The molecule has 4 heterocycles. The van der Waals surface area contributed by atoms with Gasteiger partial charge in [-0.05, 0) is 54.3 Å². The maximum absolute atomic E-state index is 13.8. The fourth-order valence-electron chi connectivity index (χ4n) is 5.76. The molecular formula is C30H30N4O3S. The van der Waals surface area contributed by atoms with Crippen molar-refractivity contribution in [3.05, 3.63) is 99.9 Å². The van der Waals surface area contributed by atoms with Gasteiger partial charge < -0.3 is 14.9 Å². The van der Waals surface area contributed by atoms with Crippen LogP contribution >= 0.6 is 11.3 Å². The van der Waals surface area contributed by atoms with Gasteiger partial charge in [-0.2, -0.15) is 0 Å². The first-order valence-corrected chi connectivity index (χ1v) is 13.9. The Labute approximate surface area is 225 Å². The molecular weight excluding hydrogens is 496 g/mol. The number of nitrogens with zero attached hydrogens (tertiary/aromatic N) is 4. The van der Waals surface area contributed by atoms with Crippen molar-refractivity contribution in [2.45, 2.75) is 38.0 Å². The van der Waals surface area contributed by atoms with E-state index in [1.54, 1.807) is 6.07 Å². The molecule has 2 aromatic carbocycles. The van der Waals surface area contributed by atoms with Crippen LogP contribution in [0.4, 0.5) is 4.79 Å². The molecule has 1 unspecified atom stereocenters. The van der Waals surface area contributed by atoms with Crippen LogP contribution in [0.1, 0.15) is 44.6 Å². The highest BCUT2D eigenvalue weighted by molar-refractivity contribution is 7.13. The highest BCUT2D eigenvalue weighted by Crippen LogP contribution is 2.36. The van der Waals surface area contributed by atoms with E-state index < -0.39 is 5.97 Å². The lowest BCUT2D eigenvalue weighted by atomic mass is 9.98. The molecule has 194 valence electrons. The smallest absolute Gasteiger partial charge is 0.345 e. The molecule has 8 heteroatoms. The molecule has 0 bridgehead atoms. The second kappa shape index (κ2) is 10.6. The summed E-state index contributed by atoms with van der Waals surface area (Å²) in [5.74, 6) is -0.926. The molecule has 4 aromatic rings. The lowest BCUT2D eigenvalue weighted by Crippen LogP contribution is -2.47. The minimum Gasteiger partial charge on any atom is -0.477 e. The van der Waals surface area contributed by atoms with E-state index >= 15 is 0 Å². The number of piperidine rings is 1. The summed E-state index contributed by atoms with van der Waals surface area (Å²) >= 11 is 1.24. The Morgan fingerprint density at radius 1 is 0.974 bits per heavy atom. The fraction of sp³-hybridized carbons (Fsp3) is 0.300. The SMILES string of the molecule is O=C(O)c1ccc(CN2CC(c3ccccc3)N(C3CCN(Cc4ccc5ncccc5c4)CC3)C2=O)s1. The van der Waals surface area contributed by atoms with E-state index in [4.69, 9.17) is 0 Å². The first-order chi connectivity index (χ1) is 18.5. The highest BCUT2D eigenvalue weighted by atomic mass is 32.1. The van der Waals surface area contributed by atoms with Crippen LogP contribution in [0.15, 0.2) is 79.0 Å². The maximum atomic E-state index is 13.8. The number of aromatic nitrogens is 1. The number of aromatic carboxylic acids is 1. The van der Waals surface area contributed by atoms with E-state index in [1.807, 2.05) is 41.4 Å². The van der Waals surface area contributed by atoms with Gasteiger partial charge in [0.05, 0.1) is 18.1 Å². The topological polar surface area (TPSA) is 77.0 Å². The standard InChI is InChI=1S/C30H30N4O3S/c35-29(36)28-11-9-25(38-28)19-33-20-27(22-5-2-1-3-6-22)34(30(33)37)24-12-15-32(16-13-24)18-21-8-10-26-23(17-21)7-4-14-31-26/h1-11,14,17,24,27H,12-13,15-16,18-20H2,(H,35,36). The highest BCUT2D eigenvalue weighted by Gasteiger charge is 2.42. The van der Waals surface area contributed by atoms with Gasteiger partial charge in [-0.25, -0.2) is 9.59 Å². The Morgan fingerprint density at radius 2 is 1.79 bits per heavy atom. The van der Waals surface area contributed by atoms with E-state index in [9.17, 15) is 14.7 Å². The molecule has 6 rings (SSSR count). The van der Waals surface area contributed by atoms with Gasteiger partial charge >= 0.3 is 12.0 Å². The lowest BCUT2D eigenvalue weighted by molar-refractivity contribution is 0.0702. The van der Waals surface area contributed by atoms with Crippen LogP contribution in [0.5, 0.6) is 0 Å². The van der Waals surface area contributed by atoms with E-state index in [1.165, 1.54) is 16.9 Å². The van der Waals surface area contributed by atoms with Crippen molar-refractivity contribution >= 4 is 34.2 Å². The number of carboxylic acid groups (broad SMARTS) is 1. The third kappa shape index (κ3) is 5.01. The molecule has 0 aliphatic carbocycles. The summed E-state index contributed by atoms with van der Waals surface area (Å²) in [7, 11) is 0. The largest absolute Gasteiger partial charge is 0.477 e. The molecule has 2 amide bonds. The van der Waals surface area contributed by atoms with E-state index in [2.05, 4.69) is 51.2 Å². The predicted molar refractivity (Wildman–Crippen MR) is 148 cm³/mol. The number of carbonyl (C=O) groups excluding carboxylic acids is 1. The molecule has 7 nitrogen and oxygen atoms in total. The van der Waals surface area contributed by atoms with Gasteiger partial charge in [0.2, 0.25) is 0 Å². The zero-order valence-corrected chi connectivity index (χ0v) is 21.9. The van der Waals surface area contributed by atoms with E-state index in [0.29, 0.717) is 18.0 Å². The number of benzene rings is 2. The van der Waals surface area contributed by atoms with Crippen LogP contribution in [-0.2, 0) is 13.1 Å². The first-order valence-electron chi connectivity index (χ1n) is 13.1. The number of likely N-dealkylation sites (tertiary alicyclic amines) is 1. The number of urea groups is 1. The molecule has 1 atom stereocenters. The van der Waals surface area contributed by atoms with Gasteiger partial charge in [0.25, 0.3) is 0 Å². The fourth-order valence-corrected chi connectivity index (χ4v) is 6.62. The molecule has 2 fully saturated rings. The van der Waals surface area contributed by atoms with Crippen molar-refractivity contribution in [3.63, 3.8) is 0 Å². The molecule has 2 aliphatic heterocycles. The van der Waals surface area contributed by atoms with Crippen molar-refractivity contribution in [1.29, 1.82) is 0 Å². The molecule has 1 N–H and O–H groups in total. The summed E-state index contributed by atoms with van der Waals surface area (Å²) in [6.45, 7) is 3.81. The number of carbonyl (C=O) groups is 2. The minimum absolute atomic E-state index is 0.00727. The van der Waals surface area contributed by atoms with E-state index in [0.717, 1.165) is 53.8 Å². The number of thiophene rings is 1. The minimum atomic E-state index is -0.926. The summed E-state index contributed by atoms with van der Waals surface area (Å²) in [5.41, 5.74) is 3.44. The molecule has 38 heavy (non-hydrogen) atoms. The third-order valence-electron chi connectivity index (χ3n) is 7.65. The van der Waals surface area contributed by atoms with Crippen molar-refractivity contribution in [2.24, 2.45) is 0 Å². The monoisotopic (exact) mass is 526 g/mol. The average Bonchev–Trinajstić information content (AvgIpc) is 3.55. The molecule has 0 saturated carbocycles. The summed E-state index contributed by atoms with van der Waals surface area (Å²) in [6.07, 6.45) is 3.68. The van der Waals surface area contributed by atoms with Gasteiger partial charge in [-0.1, -0.05) is 42.5 Å². The van der Waals surface area contributed by atoms with Crippen molar-refractivity contribution in [1.82, 2.24) is 19.7 Å². The Kier molecular flexibility index (Phi) is 6.82. The molecule has 0 spiro atoms. The van der Waals surface area contributed by atoms with Gasteiger partial charge in [0, 0.05) is 48.7 Å². The van der Waals surface area contributed by atoms with Gasteiger partial charge in [-0.3, -0.25) is 9.88 Å². The average molecular weight is 527 g/mol. The van der Waals surface area contributed by atoms with Crippen LogP contribution < -0.4 is 0 Å². The van der Waals surface area contributed by atoms with Crippen LogP contribution in [0, 0.1) is 0 Å². The second-order valence-electron chi connectivity index (χ2n) is 10.1. The zero-order valence-electron chi connectivity index (χ0n) is 21.1. The summed E-state index contributed by atoms with van der Waals surface area (Å²) < 4.78 is 0. The summed E-state index contributed by atoms with van der Waals surface area (Å²) in [6, 6.07) is 24.5. The normalized spacial score (nSPS) is 18.9. The van der Waals surface area contributed by atoms with Crippen molar-refractivity contribution in [2.75, 3.05) is 19.6 Å². The van der Waals surface area contributed by atoms with Crippen LogP contribution in [0.3, 0.4) is 0 Å². The van der Waals surface area contributed by atoms with Crippen molar-refractivity contribution in [3.8, 4) is 0 Å². The van der Waals surface area contributed by atoms with Crippen LogP contribution in [0.2, 0.25) is 0 Å². The number of hydrogen-bond acceptors (Lipinski definition) is 5. The Hall–Kier alpha value is -3.75. The number of fused-ring (bicyclic) bond motifs is 1. The summed E-state index contributed by atoms with van der Waals surface area (Å²) in [5, 5.41) is 10.5. The summed E-state index contributed by atoms with van der Waals surface area (Å²) in [4.78, 5) is 37.1. The van der Waals surface area contributed by atoms with E-state index in [-0.39, 0.29) is 18.1 Å². The third-order valence-corrected chi connectivity index (χ3v) is 8.71. The lowest BCUT2D eigenvalue weighted by Gasteiger charge is -2.39. The van der Waals surface area contributed by atoms with Crippen molar-refractivity contribution < 1.29 is 14.7 Å². The first kappa shape index (κ1) is 24.6. The Balaban J connectivity index is 1.15. The number of pyridine rings is 1. The molecule has 2 saturated heterocycles. The molecule has 0 radical (unpaired) electrons. The van der Waals surface area contributed by atoms with Gasteiger partial charge in [0.1, 0.15) is 4.88 Å². The Bertz CT molecular complexity index is 1450. The van der Waals surface area contributed by atoms with Crippen LogP contribution in [-0.4, -0.2) is 62.5 Å². The van der Waals surface area contributed by atoms with Crippen LogP contribution in [0.25, 0.3) is 10.9 Å². The molecule has 2 aromatic heterocycles.